The summed E-state index contributed by atoms with van der Waals surface area (Å²) in [7, 11) is 0. The average molecular weight is 316 g/mol. The molecule has 4 rings (SSSR count). The van der Waals surface area contributed by atoms with E-state index in [0.29, 0.717) is 11.7 Å². The molecule has 0 N–H and O–H groups in total. The van der Waals surface area contributed by atoms with Crippen molar-refractivity contribution < 1.29 is 0 Å². The van der Waals surface area contributed by atoms with Crippen molar-refractivity contribution in [3.8, 4) is 0 Å². The van der Waals surface area contributed by atoms with Gasteiger partial charge in [-0.25, -0.2) is 4.98 Å². The van der Waals surface area contributed by atoms with Crippen LogP contribution in [0.2, 0.25) is 0 Å². The molecule has 22 heavy (non-hydrogen) atoms. The number of aromatic nitrogens is 6. The Hall–Kier alpha value is -2.29. The number of nitrogens with zero attached hydrogens (tertiary/aromatic N) is 8. The first-order valence-corrected chi connectivity index (χ1v) is 8.08. The first-order chi connectivity index (χ1) is 10.7. The largest absolute Gasteiger partial charge is 0.351 e. The minimum Gasteiger partial charge on any atom is -0.351 e. The Kier molecular flexibility index (Phi) is 3.14. The zero-order valence-electron chi connectivity index (χ0n) is 12.4. The van der Waals surface area contributed by atoms with Gasteiger partial charge in [0, 0.05) is 31.1 Å². The van der Waals surface area contributed by atoms with Gasteiger partial charge in [-0.2, -0.15) is 0 Å². The monoisotopic (exact) mass is 316 g/mol. The minimum absolute atomic E-state index is 0.380. The second kappa shape index (κ2) is 5.16. The van der Waals surface area contributed by atoms with Crippen LogP contribution in [0.1, 0.15) is 12.6 Å². The van der Waals surface area contributed by atoms with Crippen molar-refractivity contribution in [1.29, 1.82) is 0 Å². The molecule has 1 aliphatic rings. The highest BCUT2D eigenvalue weighted by Gasteiger charge is 2.26. The van der Waals surface area contributed by atoms with Crippen molar-refractivity contribution in [2.24, 2.45) is 0 Å². The van der Waals surface area contributed by atoms with Crippen LogP contribution in [0.3, 0.4) is 0 Å². The van der Waals surface area contributed by atoms with E-state index in [1.165, 1.54) is 4.63 Å². The third-order valence-corrected chi connectivity index (χ3v) is 4.86. The first-order valence-electron chi connectivity index (χ1n) is 7.20. The lowest BCUT2D eigenvalue weighted by Crippen LogP contribution is -2.52. The molecule has 0 amide bonds. The molecule has 0 spiro atoms. The Balaban J connectivity index is 1.54. The van der Waals surface area contributed by atoms with Gasteiger partial charge in [-0.3, -0.25) is 0 Å². The van der Waals surface area contributed by atoms with Crippen molar-refractivity contribution in [3.05, 3.63) is 23.2 Å². The number of rotatable bonds is 2. The molecule has 0 bridgehead atoms. The average Bonchev–Trinajstić information content (AvgIpc) is 3.15. The maximum absolute atomic E-state index is 4.60. The summed E-state index contributed by atoms with van der Waals surface area (Å²) in [5, 5.41) is 19.0. The Morgan fingerprint density at radius 3 is 2.95 bits per heavy atom. The van der Waals surface area contributed by atoms with Gasteiger partial charge in [-0.05, 0) is 36.4 Å². The highest BCUT2D eigenvalue weighted by molar-refractivity contribution is 7.13. The van der Waals surface area contributed by atoms with Crippen LogP contribution in [-0.2, 0) is 0 Å². The molecule has 3 aromatic heterocycles. The molecule has 0 radical (unpaired) electrons. The summed E-state index contributed by atoms with van der Waals surface area (Å²) in [6, 6.07) is 4.25. The number of tetrazole rings is 1. The zero-order chi connectivity index (χ0) is 15.1. The van der Waals surface area contributed by atoms with Crippen molar-refractivity contribution in [1.82, 2.24) is 30.2 Å². The fourth-order valence-electron chi connectivity index (χ4n) is 2.73. The number of aryl methyl sites for hydroxylation is 1. The van der Waals surface area contributed by atoms with E-state index in [0.717, 1.165) is 36.3 Å². The van der Waals surface area contributed by atoms with Gasteiger partial charge in [-0.15, -0.1) is 26.2 Å². The van der Waals surface area contributed by atoms with E-state index in [9.17, 15) is 0 Å². The normalized spacial score (nSPS) is 19.1. The molecule has 8 nitrogen and oxygen atoms in total. The van der Waals surface area contributed by atoms with Crippen molar-refractivity contribution in [2.45, 2.75) is 19.9 Å². The fourth-order valence-corrected chi connectivity index (χ4v) is 3.66. The van der Waals surface area contributed by atoms with Crippen molar-refractivity contribution in [2.75, 3.05) is 29.4 Å². The van der Waals surface area contributed by atoms with Crippen LogP contribution in [0.5, 0.6) is 0 Å². The van der Waals surface area contributed by atoms with Crippen LogP contribution in [0.15, 0.2) is 17.5 Å². The third kappa shape index (κ3) is 2.27. The number of thiazole rings is 1. The molecule has 9 heteroatoms. The summed E-state index contributed by atoms with van der Waals surface area (Å²) in [6.07, 6.45) is 0. The second-order valence-corrected chi connectivity index (χ2v) is 6.31. The summed E-state index contributed by atoms with van der Waals surface area (Å²) < 4.78 is 1.47. The predicted molar refractivity (Wildman–Crippen MR) is 84.4 cm³/mol. The molecule has 3 aromatic rings. The van der Waals surface area contributed by atoms with Gasteiger partial charge >= 0.3 is 0 Å². The smallest absolute Gasteiger partial charge is 0.200 e. The summed E-state index contributed by atoms with van der Waals surface area (Å²) in [5.41, 5.74) is 1.74. The lowest BCUT2D eigenvalue weighted by atomic mass is 10.2. The standard InChI is InChI=1S/C13H16N8S/c1-9-8-22-13(14-9)20-6-5-19(7-10(20)2)12-4-3-11-15-17-18-21(11)16-12/h3-4,8,10H,5-7H2,1-2H3/t10-/m1/s1. The molecule has 1 atom stereocenters. The van der Waals surface area contributed by atoms with Crippen molar-refractivity contribution in [3.63, 3.8) is 0 Å². The zero-order valence-corrected chi connectivity index (χ0v) is 13.2. The highest BCUT2D eigenvalue weighted by atomic mass is 32.1. The van der Waals surface area contributed by atoms with Crippen LogP contribution in [0.4, 0.5) is 10.9 Å². The van der Waals surface area contributed by atoms with Crippen LogP contribution in [-0.4, -0.2) is 55.9 Å². The lowest BCUT2D eigenvalue weighted by Gasteiger charge is -2.40. The summed E-state index contributed by atoms with van der Waals surface area (Å²) in [6.45, 7) is 7.00. The Bertz CT molecular complexity index is 796. The van der Waals surface area contributed by atoms with E-state index >= 15 is 0 Å². The molecule has 1 aliphatic heterocycles. The molecule has 0 aromatic carbocycles. The molecular formula is C13H16N8S. The van der Waals surface area contributed by atoms with Gasteiger partial charge in [0.2, 0.25) is 0 Å². The van der Waals surface area contributed by atoms with Crippen molar-refractivity contribution >= 4 is 27.9 Å². The minimum atomic E-state index is 0.380. The Morgan fingerprint density at radius 2 is 2.18 bits per heavy atom. The van der Waals surface area contributed by atoms with Gasteiger partial charge in [0.15, 0.2) is 16.6 Å². The topological polar surface area (TPSA) is 75.3 Å². The Labute approximate surface area is 131 Å². The predicted octanol–water partition coefficient (Wildman–Crippen LogP) is 0.999. The maximum atomic E-state index is 4.60. The van der Waals surface area contributed by atoms with E-state index in [2.05, 4.69) is 47.7 Å². The van der Waals surface area contributed by atoms with Gasteiger partial charge in [-0.1, -0.05) is 0 Å². The van der Waals surface area contributed by atoms with Gasteiger partial charge in [0.25, 0.3) is 0 Å². The fraction of sp³-hybridized carbons (Fsp3) is 0.462. The van der Waals surface area contributed by atoms with Gasteiger partial charge in [0.1, 0.15) is 0 Å². The highest BCUT2D eigenvalue weighted by Crippen LogP contribution is 2.26. The van der Waals surface area contributed by atoms with Crippen LogP contribution >= 0.6 is 11.3 Å². The Morgan fingerprint density at radius 1 is 1.27 bits per heavy atom. The lowest BCUT2D eigenvalue weighted by molar-refractivity contribution is 0.541. The molecule has 0 saturated carbocycles. The number of hydrogen-bond donors (Lipinski definition) is 0. The number of anilines is 2. The van der Waals surface area contributed by atoms with Crippen LogP contribution in [0, 0.1) is 6.92 Å². The van der Waals surface area contributed by atoms with Crippen LogP contribution < -0.4 is 9.80 Å². The number of hydrogen-bond acceptors (Lipinski definition) is 8. The van der Waals surface area contributed by atoms with Crippen LogP contribution in [0.25, 0.3) is 5.65 Å². The van der Waals surface area contributed by atoms with E-state index in [1.54, 1.807) is 11.3 Å². The quantitative estimate of drug-likeness (QED) is 0.698. The molecule has 0 aliphatic carbocycles. The van der Waals surface area contributed by atoms with E-state index in [1.807, 2.05) is 19.1 Å². The summed E-state index contributed by atoms with van der Waals surface area (Å²) >= 11 is 1.71. The SMILES string of the molecule is Cc1csc(N2CCN(c3ccc4nnnn4n3)C[C@H]2C)n1. The molecule has 0 unspecified atom stereocenters. The molecule has 1 fully saturated rings. The van der Waals surface area contributed by atoms with Gasteiger partial charge in [0.05, 0.1) is 5.69 Å². The molecule has 1 saturated heterocycles. The maximum Gasteiger partial charge on any atom is 0.200 e. The number of fused-ring (bicyclic) bond motifs is 1. The van der Waals surface area contributed by atoms with E-state index in [4.69, 9.17) is 0 Å². The van der Waals surface area contributed by atoms with Gasteiger partial charge < -0.3 is 9.80 Å². The summed E-state index contributed by atoms with van der Waals surface area (Å²) in [5.74, 6) is 0.904. The second-order valence-electron chi connectivity index (χ2n) is 5.48. The first kappa shape index (κ1) is 13.4. The molecule has 114 valence electrons. The third-order valence-electron chi connectivity index (χ3n) is 3.86. The van der Waals surface area contributed by atoms with E-state index < -0.39 is 0 Å². The molecule has 4 heterocycles. The van der Waals surface area contributed by atoms with E-state index in [-0.39, 0.29) is 0 Å². The number of piperazine rings is 1. The summed E-state index contributed by atoms with van der Waals surface area (Å²) in [4.78, 5) is 9.23. The molecular weight excluding hydrogens is 300 g/mol.